The molecule has 120 valence electrons. The predicted octanol–water partition coefficient (Wildman–Crippen LogP) is 3.64. The summed E-state index contributed by atoms with van der Waals surface area (Å²) >= 11 is 0. The van der Waals surface area contributed by atoms with Gasteiger partial charge in [-0.1, -0.05) is 19.1 Å². The van der Waals surface area contributed by atoms with E-state index in [1.807, 2.05) is 4.68 Å². The fourth-order valence-electron chi connectivity index (χ4n) is 3.38. The number of hydrogen-bond donors (Lipinski definition) is 0. The van der Waals surface area contributed by atoms with E-state index < -0.39 is 0 Å². The first kappa shape index (κ1) is 15.5. The standard InChI is InChI=1S/C18H23N5/c1-3-14(4-2)18-17(13-19)20-21-23(18)16-9-7-15(8-10-16)22-11-5-6-12-22/h7-10,14H,3-6,11-12H2,1-2H3. The highest BCUT2D eigenvalue weighted by Gasteiger charge is 2.21. The first-order valence-electron chi connectivity index (χ1n) is 8.49. The molecule has 1 aliphatic heterocycles. The van der Waals surface area contributed by atoms with Gasteiger partial charge in [-0.2, -0.15) is 5.26 Å². The number of benzene rings is 1. The van der Waals surface area contributed by atoms with Crippen LogP contribution < -0.4 is 4.90 Å². The summed E-state index contributed by atoms with van der Waals surface area (Å²) in [6.07, 6.45) is 4.50. The molecule has 0 saturated carbocycles. The van der Waals surface area contributed by atoms with Crippen molar-refractivity contribution in [1.82, 2.24) is 15.0 Å². The van der Waals surface area contributed by atoms with Crippen LogP contribution in [0.4, 0.5) is 5.69 Å². The minimum Gasteiger partial charge on any atom is -0.372 e. The van der Waals surface area contributed by atoms with Gasteiger partial charge in [-0.15, -0.1) is 5.10 Å². The van der Waals surface area contributed by atoms with Crippen molar-refractivity contribution in [3.8, 4) is 11.8 Å². The Morgan fingerprint density at radius 3 is 2.26 bits per heavy atom. The van der Waals surface area contributed by atoms with E-state index in [0.29, 0.717) is 11.6 Å². The molecule has 0 amide bonds. The largest absolute Gasteiger partial charge is 0.372 e. The Morgan fingerprint density at radius 1 is 1.09 bits per heavy atom. The molecule has 0 atom stereocenters. The number of anilines is 1. The topological polar surface area (TPSA) is 57.7 Å². The summed E-state index contributed by atoms with van der Waals surface area (Å²) in [4.78, 5) is 2.41. The van der Waals surface area contributed by atoms with Crippen LogP contribution in [-0.2, 0) is 0 Å². The molecule has 5 heteroatoms. The molecule has 0 N–H and O–H groups in total. The molecule has 0 bridgehead atoms. The Morgan fingerprint density at radius 2 is 1.70 bits per heavy atom. The van der Waals surface area contributed by atoms with E-state index in [1.54, 1.807) is 0 Å². The van der Waals surface area contributed by atoms with Gasteiger partial charge >= 0.3 is 0 Å². The second-order valence-electron chi connectivity index (χ2n) is 6.07. The third-order valence-corrected chi connectivity index (χ3v) is 4.75. The van der Waals surface area contributed by atoms with Gasteiger partial charge in [0.15, 0.2) is 5.69 Å². The van der Waals surface area contributed by atoms with Crippen molar-refractivity contribution in [2.75, 3.05) is 18.0 Å². The van der Waals surface area contributed by atoms with E-state index in [1.165, 1.54) is 18.5 Å². The molecule has 2 aromatic rings. The first-order valence-corrected chi connectivity index (χ1v) is 8.49. The molecular weight excluding hydrogens is 286 g/mol. The van der Waals surface area contributed by atoms with Gasteiger partial charge in [0.05, 0.1) is 11.4 Å². The van der Waals surface area contributed by atoms with Gasteiger partial charge in [-0.25, -0.2) is 4.68 Å². The number of nitriles is 1. The maximum atomic E-state index is 9.33. The fraction of sp³-hybridized carbons (Fsp3) is 0.500. The summed E-state index contributed by atoms with van der Waals surface area (Å²) in [5.74, 6) is 0.304. The lowest BCUT2D eigenvalue weighted by atomic mass is 9.97. The lowest BCUT2D eigenvalue weighted by Gasteiger charge is -2.18. The zero-order valence-electron chi connectivity index (χ0n) is 13.9. The molecule has 0 unspecified atom stereocenters. The van der Waals surface area contributed by atoms with E-state index in [4.69, 9.17) is 0 Å². The highest BCUT2D eigenvalue weighted by Crippen LogP contribution is 2.28. The zero-order chi connectivity index (χ0) is 16.2. The smallest absolute Gasteiger partial charge is 0.186 e. The number of aromatic nitrogens is 3. The number of hydrogen-bond acceptors (Lipinski definition) is 4. The molecule has 0 radical (unpaired) electrons. The van der Waals surface area contributed by atoms with Gasteiger partial charge in [0.1, 0.15) is 6.07 Å². The highest BCUT2D eigenvalue weighted by atomic mass is 15.4. The summed E-state index contributed by atoms with van der Waals surface area (Å²) in [6, 6.07) is 10.6. The van der Waals surface area contributed by atoms with Crippen molar-refractivity contribution in [3.05, 3.63) is 35.7 Å². The Labute approximate surface area is 137 Å². The van der Waals surface area contributed by atoms with E-state index in [0.717, 1.165) is 37.3 Å². The molecular formula is C18H23N5. The molecule has 1 aliphatic rings. The van der Waals surface area contributed by atoms with Crippen LogP contribution in [0, 0.1) is 11.3 Å². The average Bonchev–Trinajstić information content (AvgIpc) is 3.26. The molecule has 23 heavy (non-hydrogen) atoms. The first-order chi connectivity index (χ1) is 11.3. The van der Waals surface area contributed by atoms with Crippen molar-refractivity contribution in [1.29, 1.82) is 5.26 Å². The van der Waals surface area contributed by atoms with Crippen LogP contribution >= 0.6 is 0 Å². The van der Waals surface area contributed by atoms with Gasteiger partial charge < -0.3 is 4.90 Å². The highest BCUT2D eigenvalue weighted by molar-refractivity contribution is 5.52. The van der Waals surface area contributed by atoms with Crippen LogP contribution in [0.3, 0.4) is 0 Å². The zero-order valence-corrected chi connectivity index (χ0v) is 13.9. The fourth-order valence-corrected chi connectivity index (χ4v) is 3.38. The Hall–Kier alpha value is -2.35. The number of rotatable bonds is 5. The van der Waals surface area contributed by atoms with Gasteiger partial charge in [-0.3, -0.25) is 0 Å². The van der Waals surface area contributed by atoms with Crippen molar-refractivity contribution in [2.45, 2.75) is 45.4 Å². The van der Waals surface area contributed by atoms with Gasteiger partial charge in [0.25, 0.3) is 0 Å². The quantitative estimate of drug-likeness (QED) is 0.846. The van der Waals surface area contributed by atoms with E-state index in [2.05, 4.69) is 59.4 Å². The van der Waals surface area contributed by atoms with E-state index in [-0.39, 0.29) is 0 Å². The molecule has 0 spiro atoms. The van der Waals surface area contributed by atoms with Crippen molar-refractivity contribution >= 4 is 5.69 Å². The molecule has 0 aliphatic carbocycles. The molecule has 1 aromatic heterocycles. The maximum absolute atomic E-state index is 9.33. The van der Waals surface area contributed by atoms with Crippen LogP contribution in [0.2, 0.25) is 0 Å². The molecule has 2 heterocycles. The molecule has 1 saturated heterocycles. The lowest BCUT2D eigenvalue weighted by molar-refractivity contribution is 0.594. The second kappa shape index (κ2) is 6.82. The van der Waals surface area contributed by atoms with Gasteiger partial charge in [-0.05, 0) is 49.9 Å². The number of nitrogens with zero attached hydrogens (tertiary/aromatic N) is 5. The Balaban J connectivity index is 1.95. The normalized spacial score (nSPS) is 14.4. The monoisotopic (exact) mass is 309 g/mol. The third kappa shape index (κ3) is 2.94. The Bertz CT molecular complexity index is 685. The van der Waals surface area contributed by atoms with Crippen LogP contribution in [0.15, 0.2) is 24.3 Å². The Kier molecular flexibility index (Phi) is 4.61. The summed E-state index contributed by atoms with van der Waals surface area (Å²) in [6.45, 7) is 6.56. The van der Waals surface area contributed by atoms with Crippen LogP contribution in [-0.4, -0.2) is 28.1 Å². The van der Waals surface area contributed by atoms with Crippen LogP contribution in [0.5, 0.6) is 0 Å². The summed E-state index contributed by atoms with van der Waals surface area (Å²) in [5.41, 5.74) is 3.62. The minimum absolute atomic E-state index is 0.304. The van der Waals surface area contributed by atoms with E-state index >= 15 is 0 Å². The molecule has 1 fully saturated rings. The summed E-state index contributed by atoms with van der Waals surface area (Å²) in [5, 5.41) is 17.6. The SMILES string of the molecule is CCC(CC)c1c(C#N)nnn1-c1ccc(N2CCCC2)cc1. The maximum Gasteiger partial charge on any atom is 0.186 e. The summed E-state index contributed by atoms with van der Waals surface area (Å²) < 4.78 is 1.84. The second-order valence-corrected chi connectivity index (χ2v) is 6.07. The van der Waals surface area contributed by atoms with Crippen LogP contribution in [0.25, 0.3) is 5.69 Å². The predicted molar refractivity (Wildman–Crippen MR) is 90.8 cm³/mol. The third-order valence-electron chi connectivity index (χ3n) is 4.75. The average molecular weight is 309 g/mol. The minimum atomic E-state index is 0.304. The van der Waals surface area contributed by atoms with Crippen molar-refractivity contribution < 1.29 is 0 Å². The van der Waals surface area contributed by atoms with Crippen molar-refractivity contribution in [2.24, 2.45) is 0 Å². The van der Waals surface area contributed by atoms with Gasteiger partial charge in [0, 0.05) is 24.7 Å². The molecule has 1 aromatic carbocycles. The van der Waals surface area contributed by atoms with Crippen LogP contribution in [0.1, 0.15) is 56.8 Å². The lowest BCUT2D eigenvalue weighted by Crippen LogP contribution is -2.17. The van der Waals surface area contributed by atoms with E-state index in [9.17, 15) is 5.26 Å². The summed E-state index contributed by atoms with van der Waals surface area (Å²) in [7, 11) is 0. The molecule has 5 nitrogen and oxygen atoms in total. The van der Waals surface area contributed by atoms with Gasteiger partial charge in [0.2, 0.25) is 0 Å². The molecule has 3 rings (SSSR count). The van der Waals surface area contributed by atoms with Crippen molar-refractivity contribution in [3.63, 3.8) is 0 Å².